The Bertz CT molecular complexity index is 1790. The predicted molar refractivity (Wildman–Crippen MR) is 182 cm³/mol. The Labute approximate surface area is 276 Å². The predicted octanol–water partition coefficient (Wildman–Crippen LogP) is 5.50. The third kappa shape index (κ3) is 6.94. The van der Waals surface area contributed by atoms with Gasteiger partial charge in [-0.2, -0.15) is 5.10 Å². The van der Waals surface area contributed by atoms with Gasteiger partial charge in [-0.15, -0.1) is 0 Å². The lowest BCUT2D eigenvalue weighted by Crippen LogP contribution is -2.41. The number of carbonyl (C=O) groups excluding carboxylic acids is 3. The third-order valence-electron chi connectivity index (χ3n) is 9.48. The van der Waals surface area contributed by atoms with E-state index in [1.54, 1.807) is 7.05 Å². The molecule has 3 aromatic carbocycles. The van der Waals surface area contributed by atoms with Gasteiger partial charge in [-0.1, -0.05) is 48.5 Å². The molecule has 244 valence electrons. The van der Waals surface area contributed by atoms with E-state index in [9.17, 15) is 14.4 Å². The average molecular weight is 634 g/mol. The Hall–Kier alpha value is -4.92. The average Bonchev–Trinajstić information content (AvgIpc) is 3.78. The summed E-state index contributed by atoms with van der Waals surface area (Å²) in [5.74, 6) is 0.577. The lowest BCUT2D eigenvalue weighted by atomic mass is 9.93. The number of hydrogen-bond acceptors (Lipinski definition) is 5. The first kappa shape index (κ1) is 32.0. The molecular formula is C38H43N5O4. The number of benzene rings is 3. The fourth-order valence-electron chi connectivity index (χ4n) is 6.46. The van der Waals surface area contributed by atoms with E-state index < -0.39 is 5.41 Å². The van der Waals surface area contributed by atoms with Crippen LogP contribution in [0.3, 0.4) is 0 Å². The monoisotopic (exact) mass is 633 g/mol. The van der Waals surface area contributed by atoms with Gasteiger partial charge in [0.15, 0.2) is 0 Å². The molecule has 0 bridgehead atoms. The molecule has 1 aliphatic heterocycles. The van der Waals surface area contributed by atoms with E-state index in [2.05, 4.69) is 60.0 Å². The molecule has 2 N–H and O–H groups in total. The molecule has 2 aliphatic rings. The van der Waals surface area contributed by atoms with E-state index in [-0.39, 0.29) is 17.7 Å². The van der Waals surface area contributed by atoms with Gasteiger partial charge in [-0.3, -0.25) is 19.1 Å². The van der Waals surface area contributed by atoms with Gasteiger partial charge in [0.2, 0.25) is 17.7 Å². The maximum atomic E-state index is 13.4. The third-order valence-corrected chi connectivity index (χ3v) is 9.48. The van der Waals surface area contributed by atoms with Crippen LogP contribution in [0.25, 0.3) is 11.1 Å². The van der Waals surface area contributed by atoms with Crippen molar-refractivity contribution in [2.45, 2.75) is 65.5 Å². The van der Waals surface area contributed by atoms with Crippen molar-refractivity contribution in [3.63, 3.8) is 0 Å². The molecule has 0 radical (unpaired) electrons. The largest absolute Gasteiger partial charge is 0.493 e. The SMILES string of the molecule is CNC(=O)C1(C(=O)NCc2cccc(Cn3cc(-c4cccc5c4CCCN5C(=O)CCCOc4cccc(C)c4C)cn3)c2)CC1. The van der Waals surface area contributed by atoms with Gasteiger partial charge in [-0.25, -0.2) is 0 Å². The Morgan fingerprint density at radius 3 is 2.57 bits per heavy atom. The number of ether oxygens (including phenoxy) is 1. The van der Waals surface area contributed by atoms with Crippen molar-refractivity contribution in [2.75, 3.05) is 25.1 Å². The van der Waals surface area contributed by atoms with Crippen LogP contribution >= 0.6 is 0 Å². The number of amides is 3. The van der Waals surface area contributed by atoms with E-state index in [0.29, 0.717) is 45.4 Å². The molecule has 0 spiro atoms. The first-order chi connectivity index (χ1) is 22.8. The van der Waals surface area contributed by atoms with E-state index in [4.69, 9.17) is 4.74 Å². The molecule has 4 aromatic rings. The van der Waals surface area contributed by atoms with E-state index in [1.165, 1.54) is 11.1 Å². The van der Waals surface area contributed by atoms with Crippen molar-refractivity contribution in [1.29, 1.82) is 0 Å². The topological polar surface area (TPSA) is 106 Å². The van der Waals surface area contributed by atoms with Crippen LogP contribution in [0.4, 0.5) is 5.69 Å². The summed E-state index contributed by atoms with van der Waals surface area (Å²) >= 11 is 0. The number of fused-ring (bicyclic) bond motifs is 1. The molecule has 1 aliphatic carbocycles. The summed E-state index contributed by atoms with van der Waals surface area (Å²) in [5.41, 5.74) is 7.75. The zero-order chi connectivity index (χ0) is 33.0. The maximum absolute atomic E-state index is 13.4. The Morgan fingerprint density at radius 1 is 0.979 bits per heavy atom. The number of nitrogens with zero attached hydrogens (tertiary/aromatic N) is 3. The van der Waals surface area contributed by atoms with Crippen LogP contribution < -0.4 is 20.3 Å². The van der Waals surface area contributed by atoms with Crippen molar-refractivity contribution < 1.29 is 19.1 Å². The molecule has 2 heterocycles. The van der Waals surface area contributed by atoms with Gasteiger partial charge in [-0.05, 0) is 91.5 Å². The van der Waals surface area contributed by atoms with E-state index >= 15 is 0 Å². The zero-order valence-corrected chi connectivity index (χ0v) is 27.5. The van der Waals surface area contributed by atoms with Gasteiger partial charge in [0.1, 0.15) is 11.2 Å². The van der Waals surface area contributed by atoms with Gasteiger partial charge < -0.3 is 20.3 Å². The Kier molecular flexibility index (Phi) is 9.43. The highest BCUT2D eigenvalue weighted by molar-refractivity contribution is 6.07. The summed E-state index contributed by atoms with van der Waals surface area (Å²) < 4.78 is 7.91. The van der Waals surface area contributed by atoms with Crippen molar-refractivity contribution in [1.82, 2.24) is 20.4 Å². The van der Waals surface area contributed by atoms with Crippen LogP contribution in [-0.2, 0) is 33.9 Å². The van der Waals surface area contributed by atoms with Crippen molar-refractivity contribution in [3.8, 4) is 16.9 Å². The molecule has 0 saturated heterocycles. The number of anilines is 1. The Balaban J connectivity index is 1.07. The van der Waals surface area contributed by atoms with Crippen molar-refractivity contribution in [3.05, 3.63) is 101 Å². The number of nitrogens with one attached hydrogen (secondary N) is 2. The second-order valence-electron chi connectivity index (χ2n) is 12.7. The van der Waals surface area contributed by atoms with E-state index in [0.717, 1.165) is 58.6 Å². The highest BCUT2D eigenvalue weighted by atomic mass is 16.5. The first-order valence-corrected chi connectivity index (χ1v) is 16.5. The molecule has 9 nitrogen and oxygen atoms in total. The molecule has 1 fully saturated rings. The number of carbonyl (C=O) groups is 3. The number of rotatable bonds is 12. The van der Waals surface area contributed by atoms with Crippen LogP contribution in [-0.4, -0.2) is 47.7 Å². The molecular weight excluding hydrogens is 590 g/mol. The molecule has 3 amide bonds. The standard InChI is InChI=1S/C38H43N5O4/c1-26-9-4-15-34(27(26)2)47-20-8-16-35(44)43-19-7-13-32-31(12-6-14-33(32)43)30-23-41-42(25-30)24-29-11-5-10-28(21-29)22-40-37(46)38(17-18-38)36(45)39-3/h4-6,9-12,14-15,21,23,25H,7-8,13,16-20,22,24H2,1-3H3,(H,39,45)(H,40,46). The second-order valence-corrected chi connectivity index (χ2v) is 12.7. The first-order valence-electron chi connectivity index (χ1n) is 16.5. The van der Waals surface area contributed by atoms with Gasteiger partial charge >= 0.3 is 0 Å². The van der Waals surface area contributed by atoms with Crippen LogP contribution in [0, 0.1) is 19.3 Å². The molecule has 1 aromatic heterocycles. The molecule has 9 heteroatoms. The van der Waals surface area contributed by atoms with E-state index in [1.807, 2.05) is 52.2 Å². The maximum Gasteiger partial charge on any atom is 0.235 e. The van der Waals surface area contributed by atoms with Crippen LogP contribution in [0.1, 0.15) is 59.9 Å². The lowest BCUT2D eigenvalue weighted by Gasteiger charge is -2.31. The second kappa shape index (κ2) is 13.8. The fraction of sp³-hybridized carbons (Fsp3) is 0.368. The molecule has 0 unspecified atom stereocenters. The minimum absolute atomic E-state index is 0.125. The zero-order valence-electron chi connectivity index (χ0n) is 27.5. The fourth-order valence-corrected chi connectivity index (χ4v) is 6.46. The number of hydrogen-bond donors (Lipinski definition) is 2. The van der Waals surface area contributed by atoms with Gasteiger partial charge in [0.05, 0.1) is 19.3 Å². The minimum Gasteiger partial charge on any atom is -0.493 e. The quantitative estimate of drug-likeness (QED) is 0.159. The lowest BCUT2D eigenvalue weighted by molar-refractivity contribution is -0.137. The Morgan fingerprint density at radius 2 is 1.77 bits per heavy atom. The number of aromatic nitrogens is 2. The molecule has 47 heavy (non-hydrogen) atoms. The minimum atomic E-state index is -0.908. The van der Waals surface area contributed by atoms with Gasteiger partial charge in [0, 0.05) is 44.0 Å². The smallest absolute Gasteiger partial charge is 0.235 e. The highest BCUT2D eigenvalue weighted by Gasteiger charge is 2.56. The summed E-state index contributed by atoms with van der Waals surface area (Å²) in [6, 6.07) is 20.3. The van der Waals surface area contributed by atoms with Crippen molar-refractivity contribution >= 4 is 23.4 Å². The summed E-state index contributed by atoms with van der Waals surface area (Å²) in [6.45, 7) is 6.30. The normalized spacial score (nSPS) is 14.7. The summed E-state index contributed by atoms with van der Waals surface area (Å²) in [5, 5.41) is 10.2. The summed E-state index contributed by atoms with van der Waals surface area (Å²) in [6.07, 6.45) is 8.03. The summed E-state index contributed by atoms with van der Waals surface area (Å²) in [7, 11) is 1.56. The van der Waals surface area contributed by atoms with Gasteiger partial charge in [0.25, 0.3) is 0 Å². The van der Waals surface area contributed by atoms with Crippen LogP contribution in [0.5, 0.6) is 5.75 Å². The van der Waals surface area contributed by atoms with Crippen molar-refractivity contribution in [2.24, 2.45) is 5.41 Å². The summed E-state index contributed by atoms with van der Waals surface area (Å²) in [4.78, 5) is 40.1. The van der Waals surface area contributed by atoms with Crippen LogP contribution in [0.15, 0.2) is 73.1 Å². The number of aryl methyl sites for hydroxylation is 1. The van der Waals surface area contributed by atoms with Crippen LogP contribution in [0.2, 0.25) is 0 Å². The molecule has 6 rings (SSSR count). The highest BCUT2D eigenvalue weighted by Crippen LogP contribution is 2.46. The molecule has 0 atom stereocenters. The molecule has 1 saturated carbocycles.